The zero-order chi connectivity index (χ0) is 23.9. The van der Waals surface area contributed by atoms with Crippen molar-refractivity contribution in [3.05, 3.63) is 58.4 Å². The first-order valence-electron chi connectivity index (χ1n) is 11.7. The molecule has 0 spiro atoms. The van der Waals surface area contributed by atoms with Crippen LogP contribution in [0.4, 0.5) is 0 Å². The second-order valence-corrected chi connectivity index (χ2v) is 9.84. The Morgan fingerprint density at radius 1 is 1.35 bits per heavy atom. The van der Waals surface area contributed by atoms with Gasteiger partial charge in [0.2, 0.25) is 0 Å². The zero-order valence-corrected chi connectivity index (χ0v) is 20.3. The number of methoxy groups -OCH3 is 1. The summed E-state index contributed by atoms with van der Waals surface area (Å²) >= 11 is 1.64. The van der Waals surface area contributed by atoms with E-state index in [-0.39, 0.29) is 18.4 Å². The molecule has 0 aliphatic carbocycles. The number of carbonyl (C=O) groups is 1. The third-order valence-electron chi connectivity index (χ3n) is 6.68. The molecular formula is C27H31N3O3S. The highest BCUT2D eigenvalue weighted by Crippen LogP contribution is 2.34. The number of thiophene rings is 1. The molecule has 1 saturated heterocycles. The van der Waals surface area contributed by atoms with E-state index in [4.69, 9.17) is 10.5 Å². The van der Waals surface area contributed by atoms with Crippen LogP contribution in [0.25, 0.3) is 10.9 Å². The first-order valence-corrected chi connectivity index (χ1v) is 12.6. The van der Waals surface area contributed by atoms with Gasteiger partial charge in [0.25, 0.3) is 0 Å². The summed E-state index contributed by atoms with van der Waals surface area (Å²) in [5.41, 5.74) is 8.60. The van der Waals surface area contributed by atoms with Crippen LogP contribution in [0.5, 0.6) is 5.75 Å². The SMILES string of the molecule is COc1ccc2nccc(C(N)CC[C@@H]3CCN(CC#Cc4cccs4)C[C@@H]3CC(=O)O)c2c1. The summed E-state index contributed by atoms with van der Waals surface area (Å²) in [6.45, 7) is 2.37. The molecule has 0 saturated carbocycles. The predicted octanol–water partition coefficient (Wildman–Crippen LogP) is 4.55. The molecule has 2 aromatic heterocycles. The lowest BCUT2D eigenvalue weighted by molar-refractivity contribution is -0.139. The highest BCUT2D eigenvalue weighted by Gasteiger charge is 2.31. The van der Waals surface area contributed by atoms with Crippen LogP contribution < -0.4 is 10.5 Å². The number of nitrogens with two attached hydrogens (primary N) is 1. The monoisotopic (exact) mass is 477 g/mol. The quantitative estimate of drug-likeness (QED) is 0.463. The van der Waals surface area contributed by atoms with Crippen molar-refractivity contribution in [3.63, 3.8) is 0 Å². The first kappa shape index (κ1) is 24.2. The molecule has 34 heavy (non-hydrogen) atoms. The van der Waals surface area contributed by atoms with E-state index < -0.39 is 5.97 Å². The van der Waals surface area contributed by atoms with Gasteiger partial charge in [-0.1, -0.05) is 17.9 Å². The largest absolute Gasteiger partial charge is 0.497 e. The number of aliphatic carboxylic acids is 1. The van der Waals surface area contributed by atoms with Crippen molar-refractivity contribution in [1.29, 1.82) is 0 Å². The number of carboxylic acids is 1. The fourth-order valence-electron chi connectivity index (χ4n) is 4.87. The molecule has 178 valence electrons. The van der Waals surface area contributed by atoms with Crippen LogP contribution in [0, 0.1) is 23.7 Å². The number of ether oxygens (including phenoxy) is 1. The van der Waals surface area contributed by atoms with Crippen LogP contribution in [-0.2, 0) is 4.79 Å². The zero-order valence-electron chi connectivity index (χ0n) is 19.4. The third kappa shape index (κ3) is 6.15. The molecule has 1 aliphatic heterocycles. The van der Waals surface area contributed by atoms with Crippen LogP contribution in [0.2, 0.25) is 0 Å². The summed E-state index contributed by atoms with van der Waals surface area (Å²) in [7, 11) is 1.65. The molecule has 0 amide bonds. The number of piperidine rings is 1. The predicted molar refractivity (Wildman–Crippen MR) is 136 cm³/mol. The molecular weight excluding hydrogens is 446 g/mol. The molecule has 3 N–H and O–H groups in total. The van der Waals surface area contributed by atoms with Gasteiger partial charge in [0.05, 0.1) is 24.0 Å². The standard InChI is InChI=1S/C27H31N3O3S/c1-33-21-7-9-26-24(17-21)23(10-12-29-26)25(28)8-6-19-11-14-30(18-20(19)16-27(31)32)13-2-4-22-5-3-15-34-22/h3,5,7,9-10,12,15,17,19-20,25H,6,8,11,13-14,16,18,28H2,1H3,(H,31,32)/t19-,20+,25?/m1/s1. The van der Waals surface area contributed by atoms with E-state index in [9.17, 15) is 9.90 Å². The van der Waals surface area contributed by atoms with E-state index in [0.717, 1.165) is 59.4 Å². The van der Waals surface area contributed by atoms with Gasteiger partial charge in [-0.15, -0.1) is 11.3 Å². The first-order chi connectivity index (χ1) is 16.5. The van der Waals surface area contributed by atoms with Crippen LogP contribution in [0.1, 0.15) is 42.2 Å². The maximum Gasteiger partial charge on any atom is 0.303 e. The summed E-state index contributed by atoms with van der Waals surface area (Å²) in [5.74, 6) is 6.94. The average Bonchev–Trinajstić information content (AvgIpc) is 3.36. The minimum atomic E-state index is -0.738. The Kier molecular flexibility index (Phi) is 8.17. The maximum atomic E-state index is 11.6. The Balaban J connectivity index is 1.39. The van der Waals surface area contributed by atoms with E-state index in [0.29, 0.717) is 12.5 Å². The molecule has 3 aromatic rings. The van der Waals surface area contributed by atoms with Crippen molar-refractivity contribution in [2.24, 2.45) is 17.6 Å². The van der Waals surface area contributed by atoms with Gasteiger partial charge in [0.1, 0.15) is 5.75 Å². The van der Waals surface area contributed by atoms with Gasteiger partial charge in [0, 0.05) is 30.6 Å². The summed E-state index contributed by atoms with van der Waals surface area (Å²) in [6.07, 6.45) is 4.66. The number of fused-ring (bicyclic) bond motifs is 1. The van der Waals surface area contributed by atoms with Crippen molar-refractivity contribution in [1.82, 2.24) is 9.88 Å². The fraction of sp³-hybridized carbons (Fsp3) is 0.407. The number of hydrogen-bond donors (Lipinski definition) is 2. The van der Waals surface area contributed by atoms with Gasteiger partial charge in [0.15, 0.2) is 0 Å². The highest BCUT2D eigenvalue weighted by molar-refractivity contribution is 7.10. The Bertz CT molecular complexity index is 1170. The van der Waals surface area contributed by atoms with Crippen LogP contribution in [0.15, 0.2) is 48.0 Å². The lowest BCUT2D eigenvalue weighted by atomic mass is 9.79. The van der Waals surface area contributed by atoms with Crippen LogP contribution in [-0.4, -0.2) is 47.7 Å². The summed E-state index contributed by atoms with van der Waals surface area (Å²) in [5, 5.41) is 12.5. The van der Waals surface area contributed by atoms with Gasteiger partial charge in [-0.2, -0.15) is 0 Å². The van der Waals surface area contributed by atoms with Gasteiger partial charge >= 0.3 is 5.97 Å². The summed E-state index contributed by atoms with van der Waals surface area (Å²) < 4.78 is 5.38. The van der Waals surface area contributed by atoms with Gasteiger partial charge in [-0.25, -0.2) is 0 Å². The lowest BCUT2D eigenvalue weighted by Gasteiger charge is -2.37. The molecule has 6 nitrogen and oxygen atoms in total. The van der Waals surface area contributed by atoms with Gasteiger partial charge < -0.3 is 15.6 Å². The molecule has 3 atom stereocenters. The number of likely N-dealkylation sites (tertiary alicyclic amines) is 1. The van der Waals surface area contributed by atoms with E-state index in [1.807, 2.05) is 41.8 Å². The smallest absolute Gasteiger partial charge is 0.303 e. The Labute approximate surface area is 204 Å². The lowest BCUT2D eigenvalue weighted by Crippen LogP contribution is -2.41. The Morgan fingerprint density at radius 3 is 3.00 bits per heavy atom. The number of benzene rings is 1. The second-order valence-electron chi connectivity index (χ2n) is 8.89. The van der Waals surface area contributed by atoms with Crippen molar-refractivity contribution in [3.8, 4) is 17.6 Å². The van der Waals surface area contributed by atoms with Gasteiger partial charge in [-0.3, -0.25) is 14.7 Å². The minimum Gasteiger partial charge on any atom is -0.497 e. The topological polar surface area (TPSA) is 88.7 Å². The fourth-order valence-corrected chi connectivity index (χ4v) is 5.46. The number of aromatic nitrogens is 1. The number of rotatable bonds is 8. The maximum absolute atomic E-state index is 11.6. The van der Waals surface area contributed by atoms with Crippen molar-refractivity contribution in [2.75, 3.05) is 26.7 Å². The normalized spacial score (nSPS) is 19.4. The second kappa shape index (κ2) is 11.5. The summed E-state index contributed by atoms with van der Waals surface area (Å²) in [6, 6.07) is 11.7. The number of nitrogens with zero attached hydrogens (tertiary/aromatic N) is 2. The molecule has 1 unspecified atom stereocenters. The Hall–Kier alpha value is -2.92. The molecule has 3 heterocycles. The van der Waals surface area contributed by atoms with E-state index in [1.54, 1.807) is 24.6 Å². The van der Waals surface area contributed by atoms with Crippen molar-refractivity contribution >= 4 is 28.2 Å². The molecule has 0 bridgehead atoms. The molecule has 0 radical (unpaired) electrons. The van der Waals surface area contributed by atoms with Crippen molar-refractivity contribution in [2.45, 2.75) is 31.7 Å². The number of pyridine rings is 1. The average molecular weight is 478 g/mol. The Morgan fingerprint density at radius 2 is 2.24 bits per heavy atom. The number of hydrogen-bond acceptors (Lipinski definition) is 6. The molecule has 7 heteroatoms. The third-order valence-corrected chi connectivity index (χ3v) is 7.46. The summed E-state index contributed by atoms with van der Waals surface area (Å²) in [4.78, 5) is 19.4. The molecule has 1 aliphatic rings. The van der Waals surface area contributed by atoms with E-state index in [2.05, 4.69) is 21.7 Å². The molecule has 1 fully saturated rings. The minimum absolute atomic E-state index is 0.108. The van der Waals surface area contributed by atoms with Crippen LogP contribution in [0.3, 0.4) is 0 Å². The molecule has 4 rings (SSSR count). The highest BCUT2D eigenvalue weighted by atomic mass is 32.1. The van der Waals surface area contributed by atoms with Gasteiger partial charge in [-0.05, 0) is 78.9 Å². The number of carboxylic acid groups (broad SMARTS) is 1. The van der Waals surface area contributed by atoms with E-state index in [1.165, 1.54) is 0 Å². The van der Waals surface area contributed by atoms with Crippen molar-refractivity contribution < 1.29 is 14.6 Å². The van der Waals surface area contributed by atoms with Crippen LogP contribution >= 0.6 is 11.3 Å². The molecule has 1 aromatic carbocycles. The van der Waals surface area contributed by atoms with E-state index >= 15 is 0 Å².